The summed E-state index contributed by atoms with van der Waals surface area (Å²) in [4.78, 5) is 27.1. The van der Waals surface area contributed by atoms with Crippen LogP contribution in [0.1, 0.15) is 57.1 Å². The molecule has 2 aromatic heterocycles. The number of carboxylic acids is 1. The van der Waals surface area contributed by atoms with Gasteiger partial charge < -0.3 is 24.0 Å². The molecule has 3 rings (SSSR count). The molecule has 0 aromatic carbocycles. The quantitative estimate of drug-likeness (QED) is 0.866. The third kappa shape index (κ3) is 3.11. The third-order valence-corrected chi connectivity index (χ3v) is 3.65. The number of aryl methyl sites for hydroxylation is 1. The van der Waals surface area contributed by atoms with Crippen molar-refractivity contribution < 1.29 is 28.3 Å². The highest BCUT2D eigenvalue weighted by molar-refractivity contribution is 5.93. The van der Waals surface area contributed by atoms with E-state index in [0.717, 1.165) is 12.8 Å². The Hall–Kier alpha value is -2.61. The largest absolute Gasteiger partial charge is 0.478 e. The number of furan rings is 1. The molecule has 0 radical (unpaired) electrons. The van der Waals surface area contributed by atoms with Crippen molar-refractivity contribution in [2.45, 2.75) is 32.4 Å². The van der Waals surface area contributed by atoms with Crippen LogP contribution in [0.2, 0.25) is 0 Å². The van der Waals surface area contributed by atoms with E-state index in [2.05, 4.69) is 10.3 Å². The summed E-state index contributed by atoms with van der Waals surface area (Å²) in [6.45, 7) is 2.25. The van der Waals surface area contributed by atoms with Crippen molar-refractivity contribution in [2.24, 2.45) is 0 Å². The van der Waals surface area contributed by atoms with Crippen molar-refractivity contribution in [3.63, 3.8) is 0 Å². The number of carbonyl (C=O) groups excluding carboxylic acids is 1. The number of nitrogens with one attached hydrogen (secondary N) is 1. The molecule has 0 spiro atoms. The number of oxazole rings is 1. The van der Waals surface area contributed by atoms with Gasteiger partial charge in [-0.15, -0.1) is 0 Å². The zero-order chi connectivity index (χ0) is 16.4. The number of carboxylic acid groups (broad SMARTS) is 1. The predicted octanol–water partition coefficient (Wildman–Crippen LogP) is 2.06. The van der Waals surface area contributed by atoms with Gasteiger partial charge in [0.25, 0.3) is 5.91 Å². The molecule has 1 unspecified atom stereocenters. The smallest absolute Gasteiger partial charge is 0.339 e. The van der Waals surface area contributed by atoms with E-state index >= 15 is 0 Å². The Morgan fingerprint density at radius 2 is 2.30 bits per heavy atom. The number of rotatable bonds is 5. The molecule has 0 bridgehead atoms. The molecule has 8 heteroatoms. The average molecular weight is 320 g/mol. The molecule has 2 N–H and O–H groups in total. The summed E-state index contributed by atoms with van der Waals surface area (Å²) in [5.41, 5.74) is 0.259. The van der Waals surface area contributed by atoms with E-state index in [-0.39, 0.29) is 23.9 Å². The van der Waals surface area contributed by atoms with E-state index in [4.69, 9.17) is 18.7 Å². The lowest BCUT2D eigenvalue weighted by molar-refractivity contribution is 0.0694. The summed E-state index contributed by atoms with van der Waals surface area (Å²) < 4.78 is 16.1. The lowest BCUT2D eigenvalue weighted by atomic mass is 10.1. The Bertz CT molecular complexity index is 726. The van der Waals surface area contributed by atoms with Crippen molar-refractivity contribution >= 4 is 11.9 Å². The average Bonchev–Trinajstić information content (AvgIpc) is 3.24. The minimum absolute atomic E-state index is 0.0603. The van der Waals surface area contributed by atoms with Gasteiger partial charge >= 0.3 is 5.97 Å². The first-order chi connectivity index (χ1) is 11.1. The fourth-order valence-corrected chi connectivity index (χ4v) is 2.53. The SMILES string of the molecule is Cc1oc(CNC(=O)c2ncoc2C2CCCO2)cc1C(=O)O. The molecule has 1 fully saturated rings. The van der Waals surface area contributed by atoms with Crippen LogP contribution in [0.3, 0.4) is 0 Å². The fraction of sp³-hybridized carbons (Fsp3) is 0.400. The standard InChI is InChI=1S/C15H16N2O6/c1-8-10(15(19)20)5-9(23-8)6-16-14(18)12-13(22-7-17-12)11-3-2-4-21-11/h5,7,11H,2-4,6H2,1H3,(H,16,18)(H,19,20). The monoisotopic (exact) mass is 320 g/mol. The zero-order valence-electron chi connectivity index (χ0n) is 12.5. The summed E-state index contributed by atoms with van der Waals surface area (Å²) in [7, 11) is 0. The number of amides is 1. The highest BCUT2D eigenvalue weighted by atomic mass is 16.5. The lowest BCUT2D eigenvalue weighted by Crippen LogP contribution is -2.24. The molecule has 1 saturated heterocycles. The molecule has 8 nitrogen and oxygen atoms in total. The number of carbonyl (C=O) groups is 2. The van der Waals surface area contributed by atoms with Crippen LogP contribution >= 0.6 is 0 Å². The molecular weight excluding hydrogens is 304 g/mol. The van der Waals surface area contributed by atoms with Gasteiger partial charge in [-0.25, -0.2) is 9.78 Å². The van der Waals surface area contributed by atoms with Crippen LogP contribution in [0, 0.1) is 6.92 Å². The van der Waals surface area contributed by atoms with Gasteiger partial charge in [0, 0.05) is 6.61 Å². The Kier molecular flexibility index (Phi) is 4.16. The van der Waals surface area contributed by atoms with Crippen LogP contribution in [0.15, 0.2) is 21.3 Å². The molecule has 122 valence electrons. The van der Waals surface area contributed by atoms with Crippen LogP contribution < -0.4 is 5.32 Å². The molecule has 3 heterocycles. The first-order valence-corrected chi connectivity index (χ1v) is 7.22. The minimum Gasteiger partial charge on any atom is -0.478 e. The number of aromatic nitrogens is 1. The van der Waals surface area contributed by atoms with Gasteiger partial charge in [-0.05, 0) is 25.8 Å². The highest BCUT2D eigenvalue weighted by Gasteiger charge is 2.28. The van der Waals surface area contributed by atoms with E-state index in [9.17, 15) is 9.59 Å². The number of ether oxygens (including phenoxy) is 1. The van der Waals surface area contributed by atoms with Crippen molar-refractivity contribution in [3.05, 3.63) is 41.0 Å². The molecule has 2 aromatic rings. The van der Waals surface area contributed by atoms with Crippen molar-refractivity contribution in [3.8, 4) is 0 Å². The Balaban J connectivity index is 1.67. The van der Waals surface area contributed by atoms with Crippen LogP contribution in [0.25, 0.3) is 0 Å². The Morgan fingerprint density at radius 1 is 1.48 bits per heavy atom. The van der Waals surface area contributed by atoms with Gasteiger partial charge in [0.15, 0.2) is 17.8 Å². The van der Waals surface area contributed by atoms with Gasteiger partial charge in [0.05, 0.1) is 6.54 Å². The van der Waals surface area contributed by atoms with Crippen molar-refractivity contribution in [2.75, 3.05) is 6.61 Å². The second kappa shape index (κ2) is 6.25. The van der Waals surface area contributed by atoms with E-state index in [1.165, 1.54) is 12.5 Å². The Morgan fingerprint density at radius 3 is 2.96 bits per heavy atom. The molecule has 23 heavy (non-hydrogen) atoms. The van der Waals surface area contributed by atoms with Gasteiger partial charge in [-0.2, -0.15) is 0 Å². The number of hydrogen-bond acceptors (Lipinski definition) is 6. The number of hydrogen-bond donors (Lipinski definition) is 2. The maximum atomic E-state index is 12.2. The number of nitrogens with zero attached hydrogens (tertiary/aromatic N) is 1. The highest BCUT2D eigenvalue weighted by Crippen LogP contribution is 2.30. The second-order valence-corrected chi connectivity index (χ2v) is 5.24. The maximum absolute atomic E-state index is 12.2. The topological polar surface area (TPSA) is 115 Å². The molecular formula is C15H16N2O6. The summed E-state index contributed by atoms with van der Waals surface area (Å²) >= 11 is 0. The molecule has 1 aliphatic rings. The summed E-state index contributed by atoms with van der Waals surface area (Å²) in [6, 6.07) is 1.39. The Labute approximate surface area is 131 Å². The first-order valence-electron chi connectivity index (χ1n) is 7.22. The van der Waals surface area contributed by atoms with Crippen LogP contribution in [0.5, 0.6) is 0 Å². The summed E-state index contributed by atoms with van der Waals surface area (Å²) in [6.07, 6.45) is 2.67. The first kappa shape index (κ1) is 15.3. The van der Waals surface area contributed by atoms with Crippen LogP contribution in [-0.4, -0.2) is 28.6 Å². The van der Waals surface area contributed by atoms with E-state index in [1.807, 2.05) is 0 Å². The second-order valence-electron chi connectivity index (χ2n) is 5.24. The summed E-state index contributed by atoms with van der Waals surface area (Å²) in [5, 5.41) is 11.6. The predicted molar refractivity (Wildman–Crippen MR) is 76.0 cm³/mol. The van der Waals surface area contributed by atoms with E-state index in [0.29, 0.717) is 23.9 Å². The minimum atomic E-state index is -1.07. The van der Waals surface area contributed by atoms with E-state index in [1.54, 1.807) is 6.92 Å². The van der Waals surface area contributed by atoms with Crippen molar-refractivity contribution in [1.82, 2.24) is 10.3 Å². The van der Waals surface area contributed by atoms with Gasteiger partial charge in [0.2, 0.25) is 0 Å². The van der Waals surface area contributed by atoms with Crippen LogP contribution in [0.4, 0.5) is 0 Å². The molecule has 0 saturated carbocycles. The molecule has 1 amide bonds. The molecule has 1 atom stereocenters. The van der Waals surface area contributed by atoms with Gasteiger partial charge in [-0.3, -0.25) is 4.79 Å². The normalized spacial score (nSPS) is 17.3. The van der Waals surface area contributed by atoms with Gasteiger partial charge in [0.1, 0.15) is 23.2 Å². The fourth-order valence-electron chi connectivity index (χ4n) is 2.53. The summed E-state index contributed by atoms with van der Waals surface area (Å²) in [5.74, 6) is -0.420. The van der Waals surface area contributed by atoms with E-state index < -0.39 is 11.9 Å². The zero-order valence-corrected chi connectivity index (χ0v) is 12.5. The van der Waals surface area contributed by atoms with Crippen LogP contribution in [-0.2, 0) is 11.3 Å². The molecule has 0 aliphatic carbocycles. The van der Waals surface area contributed by atoms with Gasteiger partial charge in [-0.1, -0.05) is 0 Å². The third-order valence-electron chi connectivity index (χ3n) is 3.65. The number of aromatic carboxylic acids is 1. The van der Waals surface area contributed by atoms with Crippen molar-refractivity contribution in [1.29, 1.82) is 0 Å². The maximum Gasteiger partial charge on any atom is 0.339 e. The lowest BCUT2D eigenvalue weighted by Gasteiger charge is -2.07. The molecule has 1 aliphatic heterocycles.